The molecule has 1 saturated heterocycles. The van der Waals surface area contributed by atoms with E-state index in [2.05, 4.69) is 32.1 Å². The van der Waals surface area contributed by atoms with Crippen molar-refractivity contribution in [1.82, 2.24) is 4.72 Å². The van der Waals surface area contributed by atoms with Gasteiger partial charge in [-0.3, -0.25) is 4.72 Å². The van der Waals surface area contributed by atoms with Gasteiger partial charge in [-0.2, -0.15) is 0 Å². The second-order valence-corrected chi connectivity index (χ2v) is 4.64. The average molecular weight is 171 g/mol. The maximum Gasteiger partial charge on any atom is 0.0139 e. The second-order valence-electron chi connectivity index (χ2n) is 3.63. The molecule has 2 atom stereocenters. The van der Waals surface area contributed by atoms with Crippen LogP contribution in [0, 0.1) is 17.8 Å². The van der Waals surface area contributed by atoms with Crippen molar-refractivity contribution in [3.05, 3.63) is 11.5 Å². The third kappa shape index (κ3) is 2.00. The molecular formula is C9H17NS. The zero-order chi connectivity index (χ0) is 8.43. The number of hydrogen-bond donors (Lipinski definition) is 1. The molecule has 0 aromatic carbocycles. The molecule has 2 unspecified atom stereocenters. The fourth-order valence-electron chi connectivity index (χ4n) is 1.36. The highest BCUT2D eigenvalue weighted by Gasteiger charge is 2.27. The molecule has 1 aliphatic heterocycles. The van der Waals surface area contributed by atoms with Crippen LogP contribution in [0.2, 0.25) is 0 Å². The number of hydrogen-bond acceptors (Lipinski definition) is 2. The van der Waals surface area contributed by atoms with Gasteiger partial charge in [-0.25, -0.2) is 0 Å². The summed E-state index contributed by atoms with van der Waals surface area (Å²) in [4.78, 5) is 1.31. The molecule has 0 spiro atoms. The van der Waals surface area contributed by atoms with Crippen molar-refractivity contribution in [2.75, 3.05) is 6.54 Å². The van der Waals surface area contributed by atoms with Gasteiger partial charge in [-0.05, 0) is 28.7 Å². The van der Waals surface area contributed by atoms with E-state index >= 15 is 0 Å². The van der Waals surface area contributed by atoms with Gasteiger partial charge >= 0.3 is 0 Å². The molecular weight excluding hydrogens is 154 g/mol. The maximum atomic E-state index is 4.04. The quantitative estimate of drug-likeness (QED) is 0.641. The molecule has 2 heteroatoms. The Hall–Kier alpha value is 0.0500. The van der Waals surface area contributed by atoms with Crippen LogP contribution in [0.25, 0.3) is 0 Å². The molecule has 0 saturated carbocycles. The summed E-state index contributed by atoms with van der Waals surface area (Å²) < 4.78 is 3.28. The fraction of sp³-hybridized carbons (Fsp3) is 0.778. The minimum absolute atomic E-state index is 0.681. The summed E-state index contributed by atoms with van der Waals surface area (Å²) in [6, 6.07) is 0. The Bertz CT molecular complexity index is 154. The van der Waals surface area contributed by atoms with Crippen LogP contribution in [0.4, 0.5) is 0 Å². The summed E-state index contributed by atoms with van der Waals surface area (Å²) in [5.41, 5.74) is 0. The van der Waals surface area contributed by atoms with Crippen molar-refractivity contribution in [2.45, 2.75) is 20.8 Å². The predicted molar refractivity (Wildman–Crippen MR) is 52.2 cm³/mol. The summed E-state index contributed by atoms with van der Waals surface area (Å²) in [6.07, 6.45) is 0. The molecule has 1 N–H and O–H groups in total. The monoisotopic (exact) mass is 171 g/mol. The Labute approximate surface area is 73.8 Å². The standard InChI is InChI=1S/C9H17NS/c1-6(2)7(3)9-5-10-11-8(9)4/h6-7,9-10H,4-5H2,1-3H3. The Morgan fingerprint density at radius 2 is 2.18 bits per heavy atom. The van der Waals surface area contributed by atoms with Crippen molar-refractivity contribution in [3.63, 3.8) is 0 Å². The SMILES string of the molecule is C=C1SNCC1C(C)C(C)C. The first-order chi connectivity index (χ1) is 5.13. The van der Waals surface area contributed by atoms with E-state index in [9.17, 15) is 0 Å². The van der Waals surface area contributed by atoms with E-state index in [0.717, 1.165) is 18.4 Å². The lowest BCUT2D eigenvalue weighted by Gasteiger charge is -2.22. The topological polar surface area (TPSA) is 12.0 Å². The van der Waals surface area contributed by atoms with E-state index in [-0.39, 0.29) is 0 Å². The summed E-state index contributed by atoms with van der Waals surface area (Å²) >= 11 is 1.71. The molecule has 0 radical (unpaired) electrons. The van der Waals surface area contributed by atoms with Gasteiger partial charge in [0.1, 0.15) is 0 Å². The Morgan fingerprint density at radius 3 is 2.55 bits per heavy atom. The molecule has 1 rings (SSSR count). The maximum absolute atomic E-state index is 4.04. The molecule has 0 bridgehead atoms. The largest absolute Gasteiger partial charge is 0.260 e. The first-order valence-corrected chi connectivity index (χ1v) is 5.03. The first-order valence-electron chi connectivity index (χ1n) is 4.21. The minimum atomic E-state index is 0.681. The van der Waals surface area contributed by atoms with Crippen molar-refractivity contribution >= 4 is 11.9 Å². The molecule has 1 fully saturated rings. The Balaban J connectivity index is 2.52. The third-order valence-electron chi connectivity index (χ3n) is 2.61. The van der Waals surface area contributed by atoms with Gasteiger partial charge in [-0.1, -0.05) is 27.4 Å². The van der Waals surface area contributed by atoms with E-state index in [1.54, 1.807) is 11.9 Å². The molecule has 11 heavy (non-hydrogen) atoms. The third-order valence-corrected chi connectivity index (χ3v) is 3.48. The van der Waals surface area contributed by atoms with E-state index in [4.69, 9.17) is 0 Å². The first kappa shape index (κ1) is 9.14. The van der Waals surface area contributed by atoms with Gasteiger partial charge in [0, 0.05) is 12.5 Å². The van der Waals surface area contributed by atoms with Crippen LogP contribution in [0.5, 0.6) is 0 Å². The molecule has 0 aliphatic carbocycles. The summed E-state index contributed by atoms with van der Waals surface area (Å²) in [5, 5.41) is 0. The van der Waals surface area contributed by atoms with Crippen molar-refractivity contribution in [1.29, 1.82) is 0 Å². The zero-order valence-electron chi connectivity index (χ0n) is 7.55. The van der Waals surface area contributed by atoms with Crippen LogP contribution in [-0.2, 0) is 0 Å². The van der Waals surface area contributed by atoms with E-state index in [1.165, 1.54) is 4.91 Å². The molecule has 1 nitrogen and oxygen atoms in total. The van der Waals surface area contributed by atoms with Gasteiger partial charge in [0.05, 0.1) is 0 Å². The van der Waals surface area contributed by atoms with Crippen molar-refractivity contribution in [3.8, 4) is 0 Å². The van der Waals surface area contributed by atoms with E-state index in [1.807, 2.05) is 0 Å². The molecule has 1 heterocycles. The Kier molecular flexibility index (Phi) is 3.02. The lowest BCUT2D eigenvalue weighted by molar-refractivity contribution is 0.328. The van der Waals surface area contributed by atoms with Gasteiger partial charge in [-0.15, -0.1) is 0 Å². The van der Waals surface area contributed by atoms with Crippen molar-refractivity contribution < 1.29 is 0 Å². The lowest BCUT2D eigenvalue weighted by Crippen LogP contribution is -2.20. The highest BCUT2D eigenvalue weighted by molar-refractivity contribution is 8.01. The number of rotatable bonds is 2. The van der Waals surface area contributed by atoms with Crippen LogP contribution in [0.1, 0.15) is 20.8 Å². The predicted octanol–water partition coefficient (Wildman–Crippen LogP) is 2.66. The van der Waals surface area contributed by atoms with E-state index in [0.29, 0.717) is 5.92 Å². The van der Waals surface area contributed by atoms with Crippen LogP contribution in [0.15, 0.2) is 11.5 Å². The van der Waals surface area contributed by atoms with Gasteiger partial charge in [0.15, 0.2) is 0 Å². The normalized spacial score (nSPS) is 28.0. The lowest BCUT2D eigenvalue weighted by atomic mass is 9.85. The average Bonchev–Trinajstić information content (AvgIpc) is 2.33. The molecule has 0 amide bonds. The Morgan fingerprint density at radius 1 is 1.55 bits per heavy atom. The zero-order valence-corrected chi connectivity index (χ0v) is 8.37. The van der Waals surface area contributed by atoms with Crippen LogP contribution in [0.3, 0.4) is 0 Å². The van der Waals surface area contributed by atoms with Gasteiger partial charge < -0.3 is 0 Å². The van der Waals surface area contributed by atoms with Gasteiger partial charge in [0.2, 0.25) is 0 Å². The van der Waals surface area contributed by atoms with Gasteiger partial charge in [0.25, 0.3) is 0 Å². The second kappa shape index (κ2) is 3.63. The highest BCUT2D eigenvalue weighted by Crippen LogP contribution is 2.35. The van der Waals surface area contributed by atoms with Crippen LogP contribution >= 0.6 is 11.9 Å². The summed E-state index contributed by atoms with van der Waals surface area (Å²) in [6.45, 7) is 12.0. The highest BCUT2D eigenvalue weighted by atomic mass is 32.2. The van der Waals surface area contributed by atoms with Crippen LogP contribution in [-0.4, -0.2) is 6.54 Å². The van der Waals surface area contributed by atoms with Crippen LogP contribution < -0.4 is 4.72 Å². The van der Waals surface area contributed by atoms with Crippen molar-refractivity contribution in [2.24, 2.45) is 17.8 Å². The smallest absolute Gasteiger partial charge is 0.0139 e. The van der Waals surface area contributed by atoms with E-state index < -0.39 is 0 Å². The summed E-state index contributed by atoms with van der Waals surface area (Å²) in [7, 11) is 0. The molecule has 0 aromatic rings. The molecule has 64 valence electrons. The minimum Gasteiger partial charge on any atom is -0.260 e. The molecule has 0 aromatic heterocycles. The fourth-order valence-corrected chi connectivity index (χ4v) is 2.26. The summed E-state index contributed by atoms with van der Waals surface area (Å²) in [5.74, 6) is 2.20. The molecule has 1 aliphatic rings. The number of nitrogens with one attached hydrogen (secondary N) is 1.